The first-order valence-electron chi connectivity index (χ1n) is 7.03. The van der Waals surface area contributed by atoms with E-state index in [4.69, 9.17) is 0 Å². The van der Waals surface area contributed by atoms with Gasteiger partial charge >= 0.3 is 0 Å². The Kier molecular flexibility index (Phi) is 4.06. The molecule has 0 N–H and O–H groups in total. The molecule has 1 aliphatic rings. The zero-order valence-electron chi connectivity index (χ0n) is 11.6. The summed E-state index contributed by atoms with van der Waals surface area (Å²) >= 11 is 0. The minimum Gasteiger partial charge on any atom is -0.295 e. The summed E-state index contributed by atoms with van der Waals surface area (Å²) in [6.45, 7) is 6.54. The Balaban J connectivity index is 2.44. The summed E-state index contributed by atoms with van der Waals surface area (Å²) in [6.07, 6.45) is 4.65. The van der Waals surface area contributed by atoms with Crippen LogP contribution in [0, 0.1) is 0 Å². The zero-order chi connectivity index (χ0) is 13.1. The van der Waals surface area contributed by atoms with Gasteiger partial charge in [-0.1, -0.05) is 68.2 Å². The summed E-state index contributed by atoms with van der Waals surface area (Å²) in [5.41, 5.74) is 4.93. The lowest BCUT2D eigenvalue weighted by atomic mass is 9.43. The number of carbonyl (C=O) groups excluding carboxylic acids is 1. The van der Waals surface area contributed by atoms with Crippen LogP contribution in [0.4, 0.5) is 0 Å². The topological polar surface area (TPSA) is 17.1 Å². The number of Topliss-reactive ketones (excluding diaryl/α,β-unsaturated/α-hetero) is 1. The third kappa shape index (κ3) is 2.29. The molecule has 0 amide bonds. The Morgan fingerprint density at radius 3 is 2.67 bits per heavy atom. The molecule has 2 heteroatoms. The monoisotopic (exact) mass is 240 g/mol. The molecular weight excluding hydrogens is 219 g/mol. The number of unbranched alkanes of at least 4 members (excludes halogenated alkanes) is 1. The van der Waals surface area contributed by atoms with E-state index in [1.54, 1.807) is 6.92 Å². The van der Waals surface area contributed by atoms with Gasteiger partial charge in [-0.05, 0) is 18.9 Å². The van der Waals surface area contributed by atoms with Crippen molar-refractivity contribution in [1.29, 1.82) is 0 Å². The molecule has 1 aromatic carbocycles. The third-order valence-electron chi connectivity index (χ3n) is 3.85. The van der Waals surface area contributed by atoms with Gasteiger partial charge in [-0.15, -0.1) is 0 Å². The number of ketones is 1. The van der Waals surface area contributed by atoms with Crippen LogP contribution in [0.5, 0.6) is 0 Å². The number of aryl methyl sites for hydroxylation is 1. The van der Waals surface area contributed by atoms with E-state index in [0.29, 0.717) is 6.71 Å². The zero-order valence-corrected chi connectivity index (χ0v) is 11.6. The fourth-order valence-corrected chi connectivity index (χ4v) is 2.93. The highest BCUT2D eigenvalue weighted by atomic mass is 16.1. The molecule has 2 rings (SSSR count). The van der Waals surface area contributed by atoms with Crippen molar-refractivity contribution in [1.82, 2.24) is 0 Å². The average Bonchev–Trinajstić information content (AvgIpc) is 2.75. The van der Waals surface area contributed by atoms with E-state index < -0.39 is 0 Å². The van der Waals surface area contributed by atoms with Gasteiger partial charge in [0.2, 0.25) is 6.71 Å². The van der Waals surface area contributed by atoms with E-state index in [0.717, 1.165) is 18.3 Å². The molecule has 0 fully saturated rings. The van der Waals surface area contributed by atoms with Crippen molar-refractivity contribution in [2.24, 2.45) is 0 Å². The van der Waals surface area contributed by atoms with Crippen LogP contribution in [0.2, 0.25) is 6.32 Å². The smallest absolute Gasteiger partial charge is 0.202 e. The van der Waals surface area contributed by atoms with Crippen molar-refractivity contribution in [2.45, 2.75) is 46.4 Å². The average molecular weight is 240 g/mol. The molecule has 1 aromatic rings. The summed E-state index contributed by atoms with van der Waals surface area (Å²) in [5, 5.41) is 0. The van der Waals surface area contributed by atoms with Crippen LogP contribution in [-0.2, 0) is 11.2 Å². The van der Waals surface area contributed by atoms with E-state index in [2.05, 4.69) is 38.0 Å². The highest BCUT2D eigenvalue weighted by molar-refractivity contribution is 6.82. The van der Waals surface area contributed by atoms with Gasteiger partial charge in [-0.3, -0.25) is 4.79 Å². The summed E-state index contributed by atoms with van der Waals surface area (Å²) in [7, 11) is 0. The van der Waals surface area contributed by atoms with E-state index >= 15 is 0 Å². The van der Waals surface area contributed by atoms with Gasteiger partial charge in [-0.2, -0.15) is 0 Å². The molecular formula is C16H21BO. The fourth-order valence-electron chi connectivity index (χ4n) is 2.93. The quantitative estimate of drug-likeness (QED) is 0.722. The van der Waals surface area contributed by atoms with Crippen LogP contribution in [-0.4, -0.2) is 12.5 Å². The Bertz CT molecular complexity index is 488. The predicted molar refractivity (Wildman–Crippen MR) is 79.6 cm³/mol. The lowest BCUT2D eigenvalue weighted by Crippen LogP contribution is -2.30. The maximum Gasteiger partial charge on any atom is 0.202 e. The first kappa shape index (κ1) is 13.1. The summed E-state index contributed by atoms with van der Waals surface area (Å²) in [5.74, 6) is 2.39. The molecule has 0 radical (unpaired) electrons. The maximum absolute atomic E-state index is 11.8. The molecule has 1 heterocycles. The number of rotatable bonds is 5. The second-order valence-corrected chi connectivity index (χ2v) is 5.12. The largest absolute Gasteiger partial charge is 0.295 e. The van der Waals surface area contributed by atoms with Gasteiger partial charge in [0.25, 0.3) is 0 Å². The van der Waals surface area contributed by atoms with Gasteiger partial charge in [0, 0.05) is 5.57 Å². The Morgan fingerprint density at radius 2 is 2.06 bits per heavy atom. The molecule has 0 unspecified atom stereocenters. The highest BCUT2D eigenvalue weighted by Crippen LogP contribution is 2.25. The fraction of sp³-hybridized carbons (Fsp3) is 0.438. The minimum atomic E-state index is 0.198. The summed E-state index contributed by atoms with van der Waals surface area (Å²) in [6, 6.07) is 6.39. The van der Waals surface area contributed by atoms with Crippen LogP contribution < -0.4 is 5.46 Å². The van der Waals surface area contributed by atoms with Gasteiger partial charge in [0.15, 0.2) is 5.78 Å². The van der Waals surface area contributed by atoms with Crippen molar-refractivity contribution >= 4 is 23.5 Å². The number of allylic oxidation sites excluding steroid dienone is 1. The Hall–Kier alpha value is -1.31. The number of benzene rings is 1. The van der Waals surface area contributed by atoms with E-state index in [1.807, 2.05) is 0 Å². The standard InChI is InChI=1S/C16H21BO/c1-4-6-10-17-11-15(12(3)18)14-9-7-8-13(5-2)16(14)17/h7-9,11H,4-6,10H2,1-3H3. The van der Waals surface area contributed by atoms with Gasteiger partial charge in [0.05, 0.1) is 0 Å². The molecule has 1 nitrogen and oxygen atoms in total. The van der Waals surface area contributed by atoms with Gasteiger partial charge < -0.3 is 0 Å². The molecule has 1 aliphatic heterocycles. The number of fused-ring (bicyclic) bond motifs is 1. The molecule has 0 bridgehead atoms. The lowest BCUT2D eigenvalue weighted by molar-refractivity contribution is -0.111. The molecule has 0 aliphatic carbocycles. The molecule has 0 saturated carbocycles. The van der Waals surface area contributed by atoms with Crippen molar-refractivity contribution in [3.63, 3.8) is 0 Å². The van der Waals surface area contributed by atoms with Crippen LogP contribution in [0.25, 0.3) is 5.57 Å². The molecule has 0 aromatic heterocycles. The van der Waals surface area contributed by atoms with Crippen molar-refractivity contribution < 1.29 is 4.79 Å². The van der Waals surface area contributed by atoms with Gasteiger partial charge in [-0.25, -0.2) is 0 Å². The number of carbonyl (C=O) groups is 1. The van der Waals surface area contributed by atoms with Crippen LogP contribution in [0.3, 0.4) is 0 Å². The number of hydrogen-bond donors (Lipinski definition) is 0. The highest BCUT2D eigenvalue weighted by Gasteiger charge is 2.29. The first-order valence-corrected chi connectivity index (χ1v) is 7.03. The van der Waals surface area contributed by atoms with Crippen molar-refractivity contribution in [2.75, 3.05) is 0 Å². The minimum absolute atomic E-state index is 0.198. The van der Waals surface area contributed by atoms with Crippen LogP contribution >= 0.6 is 0 Å². The Labute approximate surface area is 110 Å². The van der Waals surface area contributed by atoms with Crippen molar-refractivity contribution in [3.8, 4) is 0 Å². The normalized spacial score (nSPS) is 13.5. The van der Waals surface area contributed by atoms with E-state index in [-0.39, 0.29) is 5.78 Å². The number of hydrogen-bond acceptors (Lipinski definition) is 1. The molecule has 0 saturated heterocycles. The summed E-state index contributed by atoms with van der Waals surface area (Å²) in [4.78, 5) is 11.8. The van der Waals surface area contributed by atoms with E-state index in [9.17, 15) is 4.79 Å². The lowest BCUT2D eigenvalue weighted by Gasteiger charge is -2.12. The van der Waals surface area contributed by atoms with Crippen LogP contribution in [0.1, 0.15) is 44.7 Å². The van der Waals surface area contributed by atoms with Gasteiger partial charge in [0.1, 0.15) is 0 Å². The maximum atomic E-state index is 11.8. The van der Waals surface area contributed by atoms with E-state index in [1.165, 1.54) is 29.4 Å². The first-order chi connectivity index (χ1) is 8.69. The summed E-state index contributed by atoms with van der Waals surface area (Å²) < 4.78 is 0. The molecule has 94 valence electrons. The Morgan fingerprint density at radius 1 is 1.28 bits per heavy atom. The molecule has 0 spiro atoms. The third-order valence-corrected chi connectivity index (χ3v) is 3.85. The van der Waals surface area contributed by atoms with Crippen molar-refractivity contribution in [3.05, 3.63) is 35.3 Å². The van der Waals surface area contributed by atoms with Crippen LogP contribution in [0.15, 0.2) is 24.2 Å². The SMILES string of the molecule is CCCCB1C=C(C(C)=O)c2cccc(CC)c21. The molecule has 18 heavy (non-hydrogen) atoms. The predicted octanol–water partition coefficient (Wildman–Crippen LogP) is 3.28. The molecule has 0 atom stereocenters. The second kappa shape index (κ2) is 5.56. The second-order valence-electron chi connectivity index (χ2n) is 5.12.